The molecule has 0 saturated heterocycles. The molecule has 0 atom stereocenters. The second kappa shape index (κ2) is 11.7. The van der Waals surface area contributed by atoms with Crippen molar-refractivity contribution in [2.45, 2.75) is 52.4 Å². The van der Waals surface area contributed by atoms with Crippen molar-refractivity contribution in [2.24, 2.45) is 0 Å². The first kappa shape index (κ1) is 32.6. The Morgan fingerprint density at radius 1 is 0.667 bits per heavy atom. The molecule has 1 radical (unpaired) electrons. The quantitative estimate of drug-likeness (QED) is 0.186. The van der Waals surface area contributed by atoms with Crippen LogP contribution >= 0.6 is 0 Å². The average molecular weight is 699 g/mol. The van der Waals surface area contributed by atoms with Gasteiger partial charge in [0.25, 0.3) is 0 Å². The first-order valence-corrected chi connectivity index (χ1v) is 18.9. The van der Waals surface area contributed by atoms with Crippen LogP contribution in [0.2, 0.25) is 0 Å². The maximum Gasteiger partial charge on any atom is 0.227 e. The van der Waals surface area contributed by atoms with Crippen molar-refractivity contribution in [3.05, 3.63) is 145 Å². The number of benzene rings is 7. The predicted octanol–water partition coefficient (Wildman–Crippen LogP) is 11.7. The average Bonchev–Trinajstić information content (AvgIpc) is 3.73. The molecular weight excluding hydrogens is 657 g/mol. The first-order chi connectivity index (χ1) is 26.0. The lowest BCUT2D eigenvalue weighted by molar-refractivity contribution is 0.590. The van der Waals surface area contributed by atoms with E-state index in [2.05, 4.69) is 162 Å². The number of hydrogen-bond donors (Lipinski definition) is 1. The Morgan fingerprint density at radius 2 is 1.37 bits per heavy atom. The van der Waals surface area contributed by atoms with E-state index in [-0.39, 0.29) is 10.8 Å². The number of hydrogen-bond acceptors (Lipinski definition) is 3. The molecule has 0 fully saturated rings. The Kier molecular flexibility index (Phi) is 7.07. The molecule has 10 rings (SSSR count). The molecule has 0 amide bonds. The molecule has 7 aromatic carbocycles. The smallest absolute Gasteiger partial charge is 0.227 e. The van der Waals surface area contributed by atoms with Crippen LogP contribution in [-0.2, 0) is 10.8 Å². The van der Waals surface area contributed by atoms with E-state index >= 15 is 0 Å². The lowest BCUT2D eigenvalue weighted by Crippen LogP contribution is -2.37. The summed E-state index contributed by atoms with van der Waals surface area (Å²) in [5.74, 6) is 0.630. The van der Waals surface area contributed by atoms with Crippen LogP contribution in [-0.4, -0.2) is 16.8 Å². The van der Waals surface area contributed by atoms with E-state index in [4.69, 9.17) is 9.40 Å². The van der Waals surface area contributed by atoms with Crippen LogP contribution in [0.15, 0.2) is 138 Å². The van der Waals surface area contributed by atoms with Gasteiger partial charge in [-0.05, 0) is 92.3 Å². The second-order valence-corrected chi connectivity index (χ2v) is 16.8. The summed E-state index contributed by atoms with van der Waals surface area (Å²) in [6, 6.07) is 48.1. The van der Waals surface area contributed by atoms with Gasteiger partial charge in [-0.25, -0.2) is 4.98 Å². The van der Waals surface area contributed by atoms with E-state index in [1.807, 2.05) is 30.3 Å². The van der Waals surface area contributed by atoms with E-state index in [0.29, 0.717) is 5.89 Å². The van der Waals surface area contributed by atoms with Crippen molar-refractivity contribution in [1.29, 1.82) is 0 Å². The summed E-state index contributed by atoms with van der Waals surface area (Å²) in [5, 5.41) is 8.83. The number of para-hydroxylation sites is 1. The minimum Gasteiger partial charge on any atom is -0.436 e. The minimum atomic E-state index is -0.136. The number of fused-ring (bicyclic) bond motifs is 7. The third-order valence-corrected chi connectivity index (χ3v) is 11.1. The summed E-state index contributed by atoms with van der Waals surface area (Å²) in [6.07, 6.45) is 0. The Balaban J connectivity index is 1.26. The van der Waals surface area contributed by atoms with Crippen LogP contribution in [0.1, 0.15) is 52.7 Å². The highest BCUT2D eigenvalue weighted by Gasteiger charge is 2.32. The van der Waals surface area contributed by atoms with Crippen LogP contribution in [0, 0.1) is 0 Å². The third kappa shape index (κ3) is 5.17. The molecule has 0 spiro atoms. The fraction of sp³-hybridized carbons (Fsp3) is 0.163. The van der Waals surface area contributed by atoms with Gasteiger partial charge in [-0.1, -0.05) is 126 Å². The number of oxazole rings is 1. The number of rotatable bonds is 4. The number of aromatic nitrogens is 2. The zero-order valence-electron chi connectivity index (χ0n) is 31.6. The van der Waals surface area contributed by atoms with E-state index in [9.17, 15) is 0 Å². The summed E-state index contributed by atoms with van der Waals surface area (Å²) < 4.78 is 8.98. The highest BCUT2D eigenvalue weighted by molar-refractivity contribution is 6.73. The van der Waals surface area contributed by atoms with Crippen LogP contribution in [0.4, 0.5) is 11.4 Å². The van der Waals surface area contributed by atoms with Gasteiger partial charge in [0.1, 0.15) is 5.52 Å². The van der Waals surface area contributed by atoms with Crippen molar-refractivity contribution in [3.8, 4) is 28.3 Å². The highest BCUT2D eigenvalue weighted by atomic mass is 16.3. The molecule has 0 aliphatic carbocycles. The van der Waals surface area contributed by atoms with Crippen LogP contribution in [0.5, 0.6) is 0 Å². The summed E-state index contributed by atoms with van der Waals surface area (Å²) >= 11 is 0. The van der Waals surface area contributed by atoms with E-state index in [0.717, 1.165) is 44.8 Å². The molecular formula is C49H41BN3O. The number of nitrogens with one attached hydrogen (secondary N) is 1. The monoisotopic (exact) mass is 698 g/mol. The Labute approximate surface area is 316 Å². The standard InChI is InChI=1S/C49H41BN3O/c1-48(2,3)32-20-22-33(23-21-32)51-39-19-13-12-18-34(39)35-26-37(49(4,5)6)44-36-24-30-16-10-11-17-31(30)25-41(36)53-42-28-43-40(27-38(42)50-45(35)46(44)53)52-47(54-43)29-14-8-7-9-15-29/h7-28,51H,1-6H3. The maximum atomic E-state index is 6.49. The van der Waals surface area contributed by atoms with E-state index in [1.165, 1.54) is 54.7 Å². The van der Waals surface area contributed by atoms with E-state index in [1.54, 1.807) is 0 Å². The summed E-state index contributed by atoms with van der Waals surface area (Å²) in [7, 11) is 2.38. The van der Waals surface area contributed by atoms with Gasteiger partial charge in [0.05, 0.1) is 5.52 Å². The molecule has 54 heavy (non-hydrogen) atoms. The zero-order chi connectivity index (χ0) is 36.9. The molecule has 2 aromatic heterocycles. The van der Waals surface area contributed by atoms with Gasteiger partial charge in [-0.2, -0.15) is 0 Å². The maximum absolute atomic E-state index is 6.49. The fourth-order valence-electron chi connectivity index (χ4n) is 8.32. The molecule has 0 saturated carbocycles. The number of nitrogens with zero attached hydrogens (tertiary/aromatic N) is 2. The molecule has 0 bridgehead atoms. The number of anilines is 2. The largest absolute Gasteiger partial charge is 0.436 e. The van der Waals surface area contributed by atoms with E-state index < -0.39 is 0 Å². The van der Waals surface area contributed by atoms with Crippen molar-refractivity contribution >= 4 is 73.3 Å². The van der Waals surface area contributed by atoms with Gasteiger partial charge in [0.15, 0.2) is 12.9 Å². The normalized spacial score (nSPS) is 12.8. The molecule has 0 unspecified atom stereocenters. The van der Waals surface area contributed by atoms with Gasteiger partial charge < -0.3 is 14.3 Å². The molecule has 4 nitrogen and oxygen atoms in total. The molecule has 3 heterocycles. The fourth-order valence-corrected chi connectivity index (χ4v) is 8.32. The van der Waals surface area contributed by atoms with Crippen LogP contribution in [0.3, 0.4) is 0 Å². The SMILES string of the molecule is CC(C)(C)c1ccc(Nc2ccccc2-c2cc(C(C)(C)C)c3c4cc5ccccc5cc4n4c3c2[B]c2cc3nc(-c5ccccc5)oc3cc2-4)cc1. The third-order valence-electron chi connectivity index (χ3n) is 11.1. The summed E-state index contributed by atoms with van der Waals surface area (Å²) in [5.41, 5.74) is 15.5. The van der Waals surface area contributed by atoms with Crippen molar-refractivity contribution in [2.75, 3.05) is 5.32 Å². The summed E-state index contributed by atoms with van der Waals surface area (Å²) in [4.78, 5) is 4.99. The zero-order valence-corrected chi connectivity index (χ0v) is 31.6. The van der Waals surface area contributed by atoms with Crippen LogP contribution < -0.4 is 16.2 Å². The van der Waals surface area contributed by atoms with Gasteiger partial charge in [0, 0.05) is 50.5 Å². The van der Waals surface area contributed by atoms with Crippen molar-refractivity contribution in [3.63, 3.8) is 0 Å². The first-order valence-electron chi connectivity index (χ1n) is 18.9. The van der Waals surface area contributed by atoms with Crippen molar-refractivity contribution < 1.29 is 4.42 Å². The minimum absolute atomic E-state index is 0.0922. The van der Waals surface area contributed by atoms with Gasteiger partial charge in [0.2, 0.25) is 5.89 Å². The lowest BCUT2D eigenvalue weighted by atomic mass is 9.58. The Morgan fingerprint density at radius 3 is 2.11 bits per heavy atom. The molecule has 9 aromatic rings. The lowest BCUT2D eigenvalue weighted by Gasteiger charge is -2.28. The Bertz CT molecular complexity index is 2940. The second-order valence-electron chi connectivity index (χ2n) is 16.8. The van der Waals surface area contributed by atoms with Gasteiger partial charge >= 0.3 is 0 Å². The molecule has 5 heteroatoms. The van der Waals surface area contributed by atoms with Gasteiger partial charge in [-0.15, -0.1) is 0 Å². The summed E-state index contributed by atoms with van der Waals surface area (Å²) in [6.45, 7) is 13.8. The Hall–Kier alpha value is -6.07. The predicted molar refractivity (Wildman–Crippen MR) is 229 cm³/mol. The molecule has 261 valence electrons. The molecule has 1 N–H and O–H groups in total. The van der Waals surface area contributed by atoms with Crippen molar-refractivity contribution in [1.82, 2.24) is 9.55 Å². The van der Waals surface area contributed by atoms with Crippen LogP contribution in [0.25, 0.3) is 71.9 Å². The molecule has 1 aliphatic heterocycles. The highest BCUT2D eigenvalue weighted by Crippen LogP contribution is 2.44. The topological polar surface area (TPSA) is 43.0 Å². The molecule has 1 aliphatic rings. The van der Waals surface area contributed by atoms with Gasteiger partial charge in [-0.3, -0.25) is 0 Å².